The van der Waals surface area contributed by atoms with E-state index in [1.807, 2.05) is 0 Å². The zero-order valence-corrected chi connectivity index (χ0v) is 12.6. The first-order chi connectivity index (χ1) is 9.65. The number of ether oxygens (including phenoxy) is 2. The molecule has 2 saturated carbocycles. The van der Waals surface area contributed by atoms with Crippen molar-refractivity contribution in [2.45, 2.75) is 50.2 Å². The fourth-order valence-electron chi connectivity index (χ4n) is 3.25. The Morgan fingerprint density at radius 3 is 2.70 bits per heavy atom. The normalized spacial score (nSPS) is 30.8. The van der Waals surface area contributed by atoms with Gasteiger partial charge in [-0.05, 0) is 38.5 Å². The number of nitrogens with one attached hydrogen (secondary N) is 1. The zero-order valence-electron chi connectivity index (χ0n) is 12.6. The van der Waals surface area contributed by atoms with Gasteiger partial charge in [-0.25, -0.2) is 4.79 Å². The van der Waals surface area contributed by atoms with Gasteiger partial charge in [0.05, 0.1) is 20.3 Å². The Morgan fingerprint density at radius 1 is 1.40 bits per heavy atom. The largest absolute Gasteiger partial charge is 0.468 e. The van der Waals surface area contributed by atoms with E-state index in [0.717, 1.165) is 39.1 Å². The lowest BCUT2D eigenvalue weighted by molar-refractivity contribution is -0.152. The molecule has 1 aliphatic heterocycles. The second-order valence-electron chi connectivity index (χ2n) is 6.55. The molecule has 3 aliphatic rings. The van der Waals surface area contributed by atoms with E-state index in [0.29, 0.717) is 18.0 Å². The van der Waals surface area contributed by atoms with Gasteiger partial charge in [0.25, 0.3) is 0 Å². The highest BCUT2D eigenvalue weighted by atomic mass is 16.5. The van der Waals surface area contributed by atoms with Crippen LogP contribution in [0.5, 0.6) is 0 Å². The number of esters is 1. The van der Waals surface area contributed by atoms with Crippen LogP contribution < -0.4 is 5.32 Å². The Bertz CT molecular complexity index is 368. The second-order valence-corrected chi connectivity index (χ2v) is 6.55. The van der Waals surface area contributed by atoms with E-state index in [1.165, 1.54) is 20.0 Å². The van der Waals surface area contributed by atoms with Crippen molar-refractivity contribution in [2.75, 3.05) is 33.4 Å². The highest BCUT2D eigenvalue weighted by Gasteiger charge is 2.54. The summed E-state index contributed by atoms with van der Waals surface area (Å²) in [4.78, 5) is 14.9. The first kappa shape index (κ1) is 14.3. The molecule has 1 heterocycles. The SMILES string of the molecule is COC(=O)C(CN1CCOCC1C)(NC1CC1)C1CC1. The first-order valence-electron chi connectivity index (χ1n) is 7.83. The minimum atomic E-state index is -0.498. The average molecular weight is 282 g/mol. The second kappa shape index (κ2) is 5.62. The summed E-state index contributed by atoms with van der Waals surface area (Å²) in [5.41, 5.74) is -0.498. The molecule has 1 N–H and O–H groups in total. The number of rotatable bonds is 6. The maximum Gasteiger partial charge on any atom is 0.327 e. The van der Waals surface area contributed by atoms with E-state index in [2.05, 4.69) is 17.1 Å². The van der Waals surface area contributed by atoms with Crippen molar-refractivity contribution >= 4 is 5.97 Å². The fraction of sp³-hybridized carbons (Fsp3) is 0.933. The fourth-order valence-corrected chi connectivity index (χ4v) is 3.25. The predicted molar refractivity (Wildman–Crippen MR) is 75.5 cm³/mol. The molecule has 1 saturated heterocycles. The standard InChI is InChI=1S/C15H26N2O3/c1-11-9-20-8-7-17(11)10-15(12-3-4-12,14(18)19-2)16-13-5-6-13/h11-13,16H,3-10H2,1-2H3. The molecule has 0 spiro atoms. The third kappa shape index (κ3) is 2.85. The average Bonchev–Trinajstić information content (AvgIpc) is 3.31. The molecule has 5 nitrogen and oxygen atoms in total. The Morgan fingerprint density at radius 2 is 2.15 bits per heavy atom. The van der Waals surface area contributed by atoms with E-state index >= 15 is 0 Å². The van der Waals surface area contributed by atoms with Crippen LogP contribution in [0.1, 0.15) is 32.6 Å². The molecule has 3 fully saturated rings. The molecule has 0 aromatic rings. The molecule has 3 rings (SSSR count). The lowest BCUT2D eigenvalue weighted by atomic mass is 9.91. The molecule has 0 radical (unpaired) electrons. The van der Waals surface area contributed by atoms with E-state index in [-0.39, 0.29) is 5.97 Å². The number of methoxy groups -OCH3 is 1. The summed E-state index contributed by atoms with van der Waals surface area (Å²) in [6, 6.07) is 0.874. The van der Waals surface area contributed by atoms with Crippen LogP contribution >= 0.6 is 0 Å². The zero-order chi connectivity index (χ0) is 14.2. The Hall–Kier alpha value is -0.650. The summed E-state index contributed by atoms with van der Waals surface area (Å²) in [5, 5.41) is 3.63. The Labute approximate surface area is 121 Å². The van der Waals surface area contributed by atoms with Gasteiger partial charge in [0, 0.05) is 25.2 Å². The molecule has 5 heteroatoms. The lowest BCUT2D eigenvalue weighted by Crippen LogP contribution is -2.64. The van der Waals surface area contributed by atoms with Crippen molar-refractivity contribution in [3.63, 3.8) is 0 Å². The highest BCUT2D eigenvalue weighted by molar-refractivity contribution is 5.82. The highest BCUT2D eigenvalue weighted by Crippen LogP contribution is 2.43. The van der Waals surface area contributed by atoms with Gasteiger partial charge in [-0.3, -0.25) is 10.2 Å². The summed E-state index contributed by atoms with van der Waals surface area (Å²) in [5.74, 6) is 0.358. The lowest BCUT2D eigenvalue weighted by Gasteiger charge is -2.41. The van der Waals surface area contributed by atoms with Crippen LogP contribution in [0.2, 0.25) is 0 Å². The molecule has 2 aliphatic carbocycles. The number of hydrogen-bond donors (Lipinski definition) is 1. The van der Waals surface area contributed by atoms with E-state index in [9.17, 15) is 4.79 Å². The van der Waals surface area contributed by atoms with Crippen LogP contribution in [-0.4, -0.2) is 61.9 Å². The molecule has 20 heavy (non-hydrogen) atoms. The topological polar surface area (TPSA) is 50.8 Å². The molecular formula is C15H26N2O3. The van der Waals surface area contributed by atoms with Crippen molar-refractivity contribution in [2.24, 2.45) is 5.92 Å². The Kier molecular flexibility index (Phi) is 4.02. The summed E-state index contributed by atoms with van der Waals surface area (Å²) >= 11 is 0. The molecular weight excluding hydrogens is 256 g/mol. The summed E-state index contributed by atoms with van der Waals surface area (Å²) in [6.45, 7) is 5.34. The molecule has 0 aromatic carbocycles. The van der Waals surface area contributed by atoms with Crippen LogP contribution in [0, 0.1) is 5.92 Å². The smallest absolute Gasteiger partial charge is 0.327 e. The van der Waals surface area contributed by atoms with Crippen LogP contribution in [-0.2, 0) is 14.3 Å². The minimum absolute atomic E-state index is 0.0782. The maximum absolute atomic E-state index is 12.5. The maximum atomic E-state index is 12.5. The van der Waals surface area contributed by atoms with Gasteiger partial charge in [0.1, 0.15) is 5.54 Å². The Balaban J connectivity index is 1.77. The monoisotopic (exact) mass is 282 g/mol. The van der Waals surface area contributed by atoms with E-state index < -0.39 is 5.54 Å². The predicted octanol–water partition coefficient (Wildman–Crippen LogP) is 0.781. The molecule has 2 atom stereocenters. The van der Waals surface area contributed by atoms with Crippen LogP contribution in [0.25, 0.3) is 0 Å². The van der Waals surface area contributed by atoms with Crippen molar-refractivity contribution in [1.82, 2.24) is 10.2 Å². The molecule has 0 bridgehead atoms. The van der Waals surface area contributed by atoms with E-state index in [1.54, 1.807) is 0 Å². The number of hydrogen-bond acceptors (Lipinski definition) is 5. The first-order valence-corrected chi connectivity index (χ1v) is 7.83. The van der Waals surface area contributed by atoms with Crippen LogP contribution in [0.15, 0.2) is 0 Å². The molecule has 0 amide bonds. The quantitative estimate of drug-likeness (QED) is 0.730. The van der Waals surface area contributed by atoms with Gasteiger partial charge in [-0.2, -0.15) is 0 Å². The molecule has 114 valence electrons. The third-order valence-electron chi connectivity index (χ3n) is 4.82. The van der Waals surface area contributed by atoms with Crippen LogP contribution in [0.4, 0.5) is 0 Å². The van der Waals surface area contributed by atoms with Crippen molar-refractivity contribution in [3.8, 4) is 0 Å². The summed E-state index contributed by atoms with van der Waals surface area (Å²) < 4.78 is 10.7. The third-order valence-corrected chi connectivity index (χ3v) is 4.82. The van der Waals surface area contributed by atoms with E-state index in [4.69, 9.17) is 9.47 Å². The number of carbonyl (C=O) groups excluding carboxylic acids is 1. The van der Waals surface area contributed by atoms with Gasteiger partial charge < -0.3 is 9.47 Å². The number of morpholine rings is 1. The van der Waals surface area contributed by atoms with Gasteiger partial charge >= 0.3 is 5.97 Å². The summed E-state index contributed by atoms with van der Waals surface area (Å²) in [7, 11) is 1.51. The van der Waals surface area contributed by atoms with Gasteiger partial charge in [-0.1, -0.05) is 0 Å². The number of carbonyl (C=O) groups is 1. The van der Waals surface area contributed by atoms with Gasteiger partial charge in [0.15, 0.2) is 0 Å². The van der Waals surface area contributed by atoms with Crippen molar-refractivity contribution in [3.05, 3.63) is 0 Å². The van der Waals surface area contributed by atoms with Crippen LogP contribution in [0.3, 0.4) is 0 Å². The van der Waals surface area contributed by atoms with Gasteiger partial charge in [-0.15, -0.1) is 0 Å². The molecule has 0 aromatic heterocycles. The van der Waals surface area contributed by atoms with Crippen molar-refractivity contribution < 1.29 is 14.3 Å². The minimum Gasteiger partial charge on any atom is -0.468 e. The number of nitrogens with zero attached hydrogens (tertiary/aromatic N) is 1. The van der Waals surface area contributed by atoms with Gasteiger partial charge in [0.2, 0.25) is 0 Å². The molecule has 2 unspecified atom stereocenters. The summed E-state index contributed by atoms with van der Waals surface area (Å²) in [6.07, 6.45) is 4.63. The van der Waals surface area contributed by atoms with Crippen molar-refractivity contribution in [1.29, 1.82) is 0 Å².